The van der Waals surface area contributed by atoms with Crippen LogP contribution in [-0.4, -0.2) is 19.1 Å². The van der Waals surface area contributed by atoms with E-state index in [4.69, 9.17) is 0 Å². The van der Waals surface area contributed by atoms with E-state index in [1.807, 2.05) is 26.4 Å². The van der Waals surface area contributed by atoms with Gasteiger partial charge >= 0.3 is 0 Å². The molecule has 0 aromatic carbocycles. The second-order valence-electron chi connectivity index (χ2n) is 1.88. The maximum Gasteiger partial charge on any atom is 0.141 e. The summed E-state index contributed by atoms with van der Waals surface area (Å²) in [6.07, 6.45) is 3.91. The van der Waals surface area contributed by atoms with E-state index < -0.39 is 0 Å². The van der Waals surface area contributed by atoms with E-state index in [9.17, 15) is 0 Å². The van der Waals surface area contributed by atoms with Crippen molar-refractivity contribution < 1.29 is 0 Å². The highest BCUT2D eigenvalue weighted by atomic mass is 32.2. The first kappa shape index (κ1) is 6.68. The Hall–Kier alpha value is -0.435. The minimum absolute atomic E-state index is 1.08. The summed E-state index contributed by atoms with van der Waals surface area (Å²) >= 11 is 1.67. The van der Waals surface area contributed by atoms with E-state index in [2.05, 4.69) is 11.1 Å². The van der Waals surface area contributed by atoms with Crippen LogP contribution in [0.2, 0.25) is 0 Å². The zero-order chi connectivity index (χ0) is 6.69. The second kappa shape index (κ2) is 2.92. The third-order valence-corrected chi connectivity index (χ3v) is 1.75. The van der Waals surface area contributed by atoms with Gasteiger partial charge in [0.2, 0.25) is 0 Å². The molecule has 0 fully saturated rings. The quantitative estimate of drug-likeness (QED) is 0.401. The van der Waals surface area contributed by atoms with Gasteiger partial charge < -0.3 is 0 Å². The Kier molecular flexibility index (Phi) is 2.17. The fourth-order valence-electron chi connectivity index (χ4n) is 0.575. The number of hydrogen-bond acceptors (Lipinski definition) is 2. The molecule has 1 rings (SSSR count). The summed E-state index contributed by atoms with van der Waals surface area (Å²) in [5, 5.41) is 1.08. The molecule has 0 radical (unpaired) electrons. The summed E-state index contributed by atoms with van der Waals surface area (Å²) in [6, 6.07) is 4.10. The summed E-state index contributed by atoms with van der Waals surface area (Å²) in [7, 11) is 2.04. The van der Waals surface area contributed by atoms with Gasteiger partial charge in [0, 0.05) is 6.20 Å². The standard InChI is InChI=1S/C6H8BNS/c1-9-6-3-2-5(7)4-8-6/h2-4H,7H2,1H3. The van der Waals surface area contributed by atoms with Crippen LogP contribution in [0.1, 0.15) is 0 Å². The molecule has 0 aliphatic carbocycles. The average molecular weight is 137 g/mol. The van der Waals surface area contributed by atoms with Crippen molar-refractivity contribution in [2.45, 2.75) is 5.03 Å². The van der Waals surface area contributed by atoms with E-state index in [0.717, 1.165) is 5.03 Å². The molecule has 0 atom stereocenters. The Bertz CT molecular complexity index is 185. The Morgan fingerprint density at radius 3 is 2.78 bits per heavy atom. The van der Waals surface area contributed by atoms with E-state index in [0.29, 0.717) is 0 Å². The lowest BCUT2D eigenvalue weighted by Crippen LogP contribution is -2.01. The minimum atomic E-state index is 1.08. The van der Waals surface area contributed by atoms with Crippen molar-refractivity contribution in [1.29, 1.82) is 0 Å². The second-order valence-corrected chi connectivity index (χ2v) is 2.70. The molecule has 0 N–H and O–H groups in total. The molecule has 1 aromatic heterocycles. The number of rotatable bonds is 1. The molecule has 0 spiro atoms. The molecule has 0 aliphatic rings. The largest absolute Gasteiger partial charge is 0.251 e. The van der Waals surface area contributed by atoms with Gasteiger partial charge in [-0.05, 0) is 12.3 Å². The van der Waals surface area contributed by atoms with E-state index in [1.165, 1.54) is 5.46 Å². The molecular formula is C6H8BNS. The molecule has 46 valence electrons. The van der Waals surface area contributed by atoms with E-state index >= 15 is 0 Å². The highest BCUT2D eigenvalue weighted by Crippen LogP contribution is 2.06. The van der Waals surface area contributed by atoms with Crippen molar-refractivity contribution in [2.24, 2.45) is 0 Å². The Balaban J connectivity index is 2.88. The Labute approximate surface area is 60.3 Å². The zero-order valence-corrected chi connectivity index (χ0v) is 6.40. The van der Waals surface area contributed by atoms with Gasteiger partial charge in [0.1, 0.15) is 7.85 Å². The normalized spacial score (nSPS) is 9.44. The monoisotopic (exact) mass is 137 g/mol. The van der Waals surface area contributed by atoms with Crippen LogP contribution in [0.4, 0.5) is 0 Å². The number of pyridine rings is 1. The van der Waals surface area contributed by atoms with Gasteiger partial charge in [-0.15, -0.1) is 11.8 Å². The molecule has 0 amide bonds. The molecule has 1 aromatic rings. The maximum absolute atomic E-state index is 4.16. The van der Waals surface area contributed by atoms with Crippen LogP contribution >= 0.6 is 11.8 Å². The number of thioether (sulfide) groups is 1. The molecule has 0 aliphatic heterocycles. The summed E-state index contributed by atoms with van der Waals surface area (Å²) in [4.78, 5) is 4.16. The summed E-state index contributed by atoms with van der Waals surface area (Å²) in [5.74, 6) is 0. The molecule has 1 nitrogen and oxygen atoms in total. The summed E-state index contributed by atoms with van der Waals surface area (Å²) in [5.41, 5.74) is 1.22. The topological polar surface area (TPSA) is 12.9 Å². The molecule has 0 bridgehead atoms. The van der Waals surface area contributed by atoms with Crippen LogP contribution in [0, 0.1) is 0 Å². The fraction of sp³-hybridized carbons (Fsp3) is 0.167. The predicted molar refractivity (Wildman–Crippen MR) is 44.2 cm³/mol. The van der Waals surface area contributed by atoms with Crippen LogP contribution in [0.15, 0.2) is 23.4 Å². The molecule has 0 unspecified atom stereocenters. The third kappa shape index (κ3) is 1.75. The van der Waals surface area contributed by atoms with Gasteiger partial charge in [0.15, 0.2) is 0 Å². The lowest BCUT2D eigenvalue weighted by atomic mass is 9.99. The van der Waals surface area contributed by atoms with E-state index in [1.54, 1.807) is 11.8 Å². The van der Waals surface area contributed by atoms with Gasteiger partial charge in [0.25, 0.3) is 0 Å². The van der Waals surface area contributed by atoms with E-state index in [-0.39, 0.29) is 0 Å². The van der Waals surface area contributed by atoms with Crippen molar-refractivity contribution in [2.75, 3.05) is 6.26 Å². The molecule has 1 heterocycles. The molecule has 0 saturated carbocycles. The number of hydrogen-bond donors (Lipinski definition) is 0. The first-order valence-electron chi connectivity index (χ1n) is 2.79. The van der Waals surface area contributed by atoms with Crippen molar-refractivity contribution in [1.82, 2.24) is 4.98 Å². The van der Waals surface area contributed by atoms with Crippen molar-refractivity contribution in [3.63, 3.8) is 0 Å². The first-order valence-corrected chi connectivity index (χ1v) is 4.02. The SMILES string of the molecule is Bc1ccc(SC)nc1. The van der Waals surface area contributed by atoms with Gasteiger partial charge in [-0.3, -0.25) is 4.98 Å². The molecule has 3 heteroatoms. The number of aromatic nitrogens is 1. The van der Waals surface area contributed by atoms with Crippen LogP contribution < -0.4 is 5.46 Å². The van der Waals surface area contributed by atoms with Crippen LogP contribution in [0.5, 0.6) is 0 Å². The molecular weight excluding hydrogens is 129 g/mol. The zero-order valence-electron chi connectivity index (χ0n) is 5.59. The van der Waals surface area contributed by atoms with Crippen molar-refractivity contribution in [3.05, 3.63) is 18.3 Å². The maximum atomic E-state index is 4.16. The van der Waals surface area contributed by atoms with Gasteiger partial charge in [-0.2, -0.15) is 0 Å². The molecule has 0 saturated heterocycles. The predicted octanol–water partition coefficient (Wildman–Crippen LogP) is 0.0619. The Morgan fingerprint density at radius 1 is 1.56 bits per heavy atom. The number of nitrogens with zero attached hydrogens (tertiary/aromatic N) is 1. The highest BCUT2D eigenvalue weighted by molar-refractivity contribution is 7.98. The Morgan fingerprint density at radius 2 is 2.33 bits per heavy atom. The van der Waals surface area contributed by atoms with Crippen LogP contribution in [0.3, 0.4) is 0 Å². The fourth-order valence-corrected chi connectivity index (χ4v) is 0.937. The smallest absolute Gasteiger partial charge is 0.141 e. The van der Waals surface area contributed by atoms with Gasteiger partial charge in [-0.25, -0.2) is 0 Å². The highest BCUT2D eigenvalue weighted by Gasteiger charge is 1.87. The van der Waals surface area contributed by atoms with Crippen LogP contribution in [0.25, 0.3) is 0 Å². The first-order chi connectivity index (χ1) is 4.33. The van der Waals surface area contributed by atoms with Crippen molar-refractivity contribution >= 4 is 25.1 Å². The minimum Gasteiger partial charge on any atom is -0.251 e. The van der Waals surface area contributed by atoms with Gasteiger partial charge in [0.05, 0.1) is 5.03 Å². The lowest BCUT2D eigenvalue weighted by Gasteiger charge is -1.93. The molecule has 9 heavy (non-hydrogen) atoms. The van der Waals surface area contributed by atoms with Gasteiger partial charge in [-0.1, -0.05) is 11.5 Å². The average Bonchev–Trinajstić information content (AvgIpc) is 1.90. The summed E-state index contributed by atoms with van der Waals surface area (Å²) in [6.45, 7) is 0. The van der Waals surface area contributed by atoms with Crippen LogP contribution in [-0.2, 0) is 0 Å². The lowest BCUT2D eigenvalue weighted by molar-refractivity contribution is 1.15. The third-order valence-electron chi connectivity index (χ3n) is 1.09. The van der Waals surface area contributed by atoms with Crippen molar-refractivity contribution in [3.8, 4) is 0 Å². The summed E-state index contributed by atoms with van der Waals surface area (Å²) < 4.78 is 0.